The van der Waals surface area contributed by atoms with Crippen LogP contribution in [-0.4, -0.2) is 16.9 Å². The van der Waals surface area contributed by atoms with E-state index in [0.29, 0.717) is 0 Å². The molecule has 0 saturated heterocycles. The molecule has 3 nitrogen and oxygen atoms in total. The summed E-state index contributed by atoms with van der Waals surface area (Å²) in [5.74, 6) is -1.07. The fourth-order valence-corrected chi connectivity index (χ4v) is 2.39. The summed E-state index contributed by atoms with van der Waals surface area (Å²) in [5.41, 5.74) is 0.115. The normalized spacial score (nSPS) is 22.4. The molecule has 1 aliphatic carbocycles. The van der Waals surface area contributed by atoms with Crippen molar-refractivity contribution in [2.75, 3.05) is 0 Å². The van der Waals surface area contributed by atoms with Gasteiger partial charge in [0.25, 0.3) is 5.91 Å². The standard InChI is InChI=1S/C13H17FN2O/c1-13(2)7-3-6-10(13)16-12(17)9-5-4-8-15-11(9)14/h4-5,8,10H,3,6-7H2,1-2H3,(H,16,17). The molecule has 0 aromatic carbocycles. The van der Waals surface area contributed by atoms with Gasteiger partial charge in [0.2, 0.25) is 5.95 Å². The number of aromatic nitrogens is 1. The molecule has 0 spiro atoms. The van der Waals surface area contributed by atoms with E-state index in [1.165, 1.54) is 12.3 Å². The lowest BCUT2D eigenvalue weighted by Crippen LogP contribution is -2.41. The summed E-state index contributed by atoms with van der Waals surface area (Å²) in [6.07, 6.45) is 4.49. The van der Waals surface area contributed by atoms with Crippen molar-refractivity contribution in [3.8, 4) is 0 Å². The lowest BCUT2D eigenvalue weighted by molar-refractivity contribution is 0.0905. The average molecular weight is 236 g/mol. The van der Waals surface area contributed by atoms with Gasteiger partial charge >= 0.3 is 0 Å². The third-order valence-corrected chi connectivity index (χ3v) is 3.57. The van der Waals surface area contributed by atoms with E-state index in [9.17, 15) is 9.18 Å². The highest BCUT2D eigenvalue weighted by Gasteiger charge is 2.35. The molecule has 1 aliphatic rings. The molecule has 1 aromatic rings. The summed E-state index contributed by atoms with van der Waals surface area (Å²) in [4.78, 5) is 15.4. The Balaban J connectivity index is 2.10. The first-order valence-electron chi connectivity index (χ1n) is 5.92. The van der Waals surface area contributed by atoms with Crippen LogP contribution in [0.25, 0.3) is 0 Å². The molecule has 1 fully saturated rings. The van der Waals surface area contributed by atoms with E-state index in [4.69, 9.17) is 0 Å². The Bertz CT molecular complexity index is 431. The number of amides is 1. The average Bonchev–Trinajstić information content (AvgIpc) is 2.59. The zero-order valence-corrected chi connectivity index (χ0v) is 10.2. The molecule has 0 bridgehead atoms. The molecule has 92 valence electrons. The predicted octanol–water partition coefficient (Wildman–Crippen LogP) is 2.53. The zero-order valence-electron chi connectivity index (χ0n) is 10.2. The Morgan fingerprint density at radius 3 is 2.94 bits per heavy atom. The molecule has 0 aliphatic heterocycles. The highest BCUT2D eigenvalue weighted by atomic mass is 19.1. The van der Waals surface area contributed by atoms with Crippen LogP contribution in [0.1, 0.15) is 43.5 Å². The second-order valence-electron chi connectivity index (χ2n) is 5.25. The molecule has 1 aromatic heterocycles. The van der Waals surface area contributed by atoms with Crippen molar-refractivity contribution in [1.82, 2.24) is 10.3 Å². The number of halogens is 1. The lowest BCUT2D eigenvalue weighted by atomic mass is 9.87. The maximum Gasteiger partial charge on any atom is 0.256 e. The van der Waals surface area contributed by atoms with Gasteiger partial charge in [0, 0.05) is 12.2 Å². The van der Waals surface area contributed by atoms with E-state index < -0.39 is 5.95 Å². The number of carbonyl (C=O) groups excluding carboxylic acids is 1. The van der Waals surface area contributed by atoms with Gasteiger partial charge in [-0.2, -0.15) is 4.39 Å². The van der Waals surface area contributed by atoms with E-state index in [-0.39, 0.29) is 22.9 Å². The molecule has 0 radical (unpaired) electrons. The van der Waals surface area contributed by atoms with Gasteiger partial charge in [0.05, 0.1) is 5.56 Å². The monoisotopic (exact) mass is 236 g/mol. The smallest absolute Gasteiger partial charge is 0.256 e. The quantitative estimate of drug-likeness (QED) is 0.802. The van der Waals surface area contributed by atoms with Crippen molar-refractivity contribution in [2.45, 2.75) is 39.2 Å². The lowest BCUT2D eigenvalue weighted by Gasteiger charge is -2.27. The van der Waals surface area contributed by atoms with E-state index in [1.807, 2.05) is 0 Å². The van der Waals surface area contributed by atoms with Crippen molar-refractivity contribution in [1.29, 1.82) is 0 Å². The second-order valence-corrected chi connectivity index (χ2v) is 5.25. The van der Waals surface area contributed by atoms with Crippen LogP contribution in [0.2, 0.25) is 0 Å². The minimum atomic E-state index is -0.708. The third-order valence-electron chi connectivity index (χ3n) is 3.57. The van der Waals surface area contributed by atoms with Crippen molar-refractivity contribution >= 4 is 5.91 Å². The molecular weight excluding hydrogens is 219 g/mol. The largest absolute Gasteiger partial charge is 0.349 e. The fourth-order valence-electron chi connectivity index (χ4n) is 2.39. The summed E-state index contributed by atoms with van der Waals surface area (Å²) in [6.45, 7) is 4.26. The fraction of sp³-hybridized carbons (Fsp3) is 0.538. The Kier molecular flexibility index (Phi) is 3.13. The molecule has 1 N–H and O–H groups in total. The molecule has 4 heteroatoms. The molecule has 1 amide bonds. The minimum Gasteiger partial charge on any atom is -0.349 e. The summed E-state index contributed by atoms with van der Waals surface area (Å²) in [6, 6.07) is 3.15. The van der Waals surface area contributed by atoms with E-state index in [2.05, 4.69) is 24.1 Å². The maximum atomic E-state index is 13.3. The number of nitrogens with one attached hydrogen (secondary N) is 1. The zero-order chi connectivity index (χ0) is 12.5. The van der Waals surface area contributed by atoms with Crippen molar-refractivity contribution < 1.29 is 9.18 Å². The Hall–Kier alpha value is -1.45. The van der Waals surface area contributed by atoms with E-state index in [1.54, 1.807) is 6.07 Å². The number of pyridine rings is 1. The van der Waals surface area contributed by atoms with Gasteiger partial charge in [0.15, 0.2) is 0 Å². The molecule has 17 heavy (non-hydrogen) atoms. The second kappa shape index (κ2) is 4.43. The van der Waals surface area contributed by atoms with Crippen LogP contribution in [0.15, 0.2) is 18.3 Å². The van der Waals surface area contributed by atoms with Crippen molar-refractivity contribution in [3.63, 3.8) is 0 Å². The molecule has 1 saturated carbocycles. The van der Waals surface area contributed by atoms with Crippen LogP contribution >= 0.6 is 0 Å². The SMILES string of the molecule is CC1(C)CCCC1NC(=O)c1cccnc1F. The Morgan fingerprint density at radius 2 is 2.35 bits per heavy atom. The van der Waals surface area contributed by atoms with Gasteiger partial charge in [0.1, 0.15) is 0 Å². The molecule has 1 heterocycles. The van der Waals surface area contributed by atoms with Crippen LogP contribution < -0.4 is 5.32 Å². The first-order chi connectivity index (χ1) is 8.00. The number of hydrogen-bond acceptors (Lipinski definition) is 2. The highest BCUT2D eigenvalue weighted by molar-refractivity contribution is 5.94. The number of carbonyl (C=O) groups is 1. The third kappa shape index (κ3) is 2.46. The van der Waals surface area contributed by atoms with Gasteiger partial charge in [-0.05, 0) is 30.4 Å². The van der Waals surface area contributed by atoms with E-state index in [0.717, 1.165) is 19.3 Å². The minimum absolute atomic E-state index is 0.0233. The first-order valence-corrected chi connectivity index (χ1v) is 5.92. The first kappa shape index (κ1) is 12.0. The van der Waals surface area contributed by atoms with Crippen LogP contribution in [-0.2, 0) is 0 Å². The van der Waals surface area contributed by atoms with Gasteiger partial charge in [-0.1, -0.05) is 20.3 Å². The number of hydrogen-bond donors (Lipinski definition) is 1. The molecule has 1 unspecified atom stereocenters. The maximum absolute atomic E-state index is 13.3. The van der Waals surface area contributed by atoms with Gasteiger partial charge in [-0.15, -0.1) is 0 Å². The Labute approximate surface area is 100 Å². The van der Waals surface area contributed by atoms with Crippen molar-refractivity contribution in [2.24, 2.45) is 5.41 Å². The summed E-state index contributed by atoms with van der Waals surface area (Å²) in [5, 5.41) is 2.91. The highest BCUT2D eigenvalue weighted by Crippen LogP contribution is 2.37. The number of rotatable bonds is 2. The van der Waals surface area contributed by atoms with Crippen LogP contribution in [0.4, 0.5) is 4.39 Å². The topological polar surface area (TPSA) is 42.0 Å². The molecule has 2 rings (SSSR count). The van der Waals surface area contributed by atoms with Crippen molar-refractivity contribution in [3.05, 3.63) is 29.8 Å². The van der Waals surface area contributed by atoms with Gasteiger partial charge in [-0.25, -0.2) is 4.98 Å². The molecular formula is C13H17FN2O. The number of nitrogens with zero attached hydrogens (tertiary/aromatic N) is 1. The Morgan fingerprint density at radius 1 is 1.59 bits per heavy atom. The summed E-state index contributed by atoms with van der Waals surface area (Å²) >= 11 is 0. The van der Waals surface area contributed by atoms with Crippen LogP contribution in [0.5, 0.6) is 0 Å². The van der Waals surface area contributed by atoms with Crippen LogP contribution in [0.3, 0.4) is 0 Å². The van der Waals surface area contributed by atoms with Gasteiger partial charge in [-0.3, -0.25) is 4.79 Å². The predicted molar refractivity (Wildman–Crippen MR) is 63.1 cm³/mol. The van der Waals surface area contributed by atoms with E-state index >= 15 is 0 Å². The summed E-state index contributed by atoms with van der Waals surface area (Å²) < 4.78 is 13.3. The molecule has 1 atom stereocenters. The van der Waals surface area contributed by atoms with Gasteiger partial charge < -0.3 is 5.32 Å². The van der Waals surface area contributed by atoms with Crippen LogP contribution in [0, 0.1) is 11.4 Å². The summed E-state index contributed by atoms with van der Waals surface area (Å²) in [7, 11) is 0.